The van der Waals surface area contributed by atoms with Crippen molar-refractivity contribution >= 4 is 16.0 Å². The summed E-state index contributed by atoms with van der Waals surface area (Å²) in [5.74, 6) is 0.433. The molecule has 4 rings (SSSR count). The number of piperidine rings is 1. The third kappa shape index (κ3) is 4.38. The van der Waals surface area contributed by atoms with Gasteiger partial charge in [-0.05, 0) is 30.5 Å². The van der Waals surface area contributed by atoms with Gasteiger partial charge in [0.2, 0.25) is 10.0 Å². The first-order valence-corrected chi connectivity index (χ1v) is 11.1. The molecule has 154 valence electrons. The zero-order valence-electron chi connectivity index (χ0n) is 16.0. The van der Waals surface area contributed by atoms with Crippen LogP contribution < -0.4 is 9.47 Å². The first kappa shape index (κ1) is 19.7. The Balaban J connectivity index is 1.35. The van der Waals surface area contributed by atoms with Crippen LogP contribution in [0.15, 0.2) is 53.4 Å². The molecule has 0 radical (unpaired) electrons. The first-order valence-electron chi connectivity index (χ1n) is 9.64. The van der Waals surface area contributed by atoms with Crippen molar-refractivity contribution in [3.05, 3.63) is 54.1 Å². The topological polar surface area (TPSA) is 82.1 Å². The van der Waals surface area contributed by atoms with Crippen LogP contribution in [0.5, 0.6) is 11.5 Å². The zero-order chi connectivity index (χ0) is 20.3. The third-order valence-corrected chi connectivity index (χ3v) is 7.06. The van der Waals surface area contributed by atoms with Crippen LogP contribution >= 0.6 is 0 Å². The highest BCUT2D eigenvalue weighted by Crippen LogP contribution is 2.34. The maximum atomic E-state index is 13.0. The van der Waals surface area contributed by atoms with Crippen molar-refractivity contribution in [3.63, 3.8) is 0 Å². The molecule has 7 nitrogen and oxygen atoms in total. The fourth-order valence-corrected chi connectivity index (χ4v) is 5.00. The van der Waals surface area contributed by atoms with Gasteiger partial charge in [-0.1, -0.05) is 30.3 Å². The molecule has 2 aromatic carbocycles. The van der Waals surface area contributed by atoms with Crippen molar-refractivity contribution < 1.29 is 27.4 Å². The van der Waals surface area contributed by atoms with E-state index in [9.17, 15) is 13.2 Å². The van der Waals surface area contributed by atoms with Crippen molar-refractivity contribution in [1.29, 1.82) is 0 Å². The van der Waals surface area contributed by atoms with Gasteiger partial charge in [0, 0.05) is 19.2 Å². The van der Waals surface area contributed by atoms with E-state index in [1.165, 1.54) is 16.4 Å². The number of hydrogen-bond acceptors (Lipinski definition) is 6. The second-order valence-electron chi connectivity index (χ2n) is 7.08. The molecule has 29 heavy (non-hydrogen) atoms. The van der Waals surface area contributed by atoms with Crippen molar-refractivity contribution in [2.75, 3.05) is 26.3 Å². The number of carbonyl (C=O) groups is 1. The predicted molar refractivity (Wildman–Crippen MR) is 105 cm³/mol. The van der Waals surface area contributed by atoms with E-state index in [0.717, 1.165) is 5.56 Å². The second-order valence-corrected chi connectivity index (χ2v) is 9.02. The number of sulfonamides is 1. The fourth-order valence-electron chi connectivity index (χ4n) is 3.51. The fraction of sp³-hybridized carbons (Fsp3) is 0.381. The van der Waals surface area contributed by atoms with E-state index >= 15 is 0 Å². The van der Waals surface area contributed by atoms with Crippen LogP contribution in [0.3, 0.4) is 0 Å². The summed E-state index contributed by atoms with van der Waals surface area (Å²) < 4.78 is 43.7. The number of carbonyl (C=O) groups excluding carboxylic acids is 1. The van der Waals surface area contributed by atoms with Crippen LogP contribution in [-0.2, 0) is 26.2 Å². The minimum atomic E-state index is -3.65. The van der Waals surface area contributed by atoms with Gasteiger partial charge in [0.1, 0.15) is 19.8 Å². The summed E-state index contributed by atoms with van der Waals surface area (Å²) in [5.41, 5.74) is 0.930. The Bertz CT molecular complexity index is 968. The third-order valence-electron chi connectivity index (χ3n) is 5.16. The molecule has 0 aliphatic carbocycles. The summed E-state index contributed by atoms with van der Waals surface area (Å²) in [5, 5.41) is 0. The summed E-state index contributed by atoms with van der Waals surface area (Å²) in [4.78, 5) is 12.5. The van der Waals surface area contributed by atoms with E-state index in [1.54, 1.807) is 6.07 Å². The number of rotatable bonds is 5. The monoisotopic (exact) mass is 417 g/mol. The second kappa shape index (κ2) is 8.42. The highest BCUT2D eigenvalue weighted by molar-refractivity contribution is 7.89. The number of fused-ring (bicyclic) bond motifs is 1. The normalized spacial score (nSPS) is 17.7. The van der Waals surface area contributed by atoms with Crippen LogP contribution in [0.25, 0.3) is 0 Å². The first-order chi connectivity index (χ1) is 14.0. The van der Waals surface area contributed by atoms with Crippen LogP contribution in [0.2, 0.25) is 0 Å². The zero-order valence-corrected chi connectivity index (χ0v) is 16.8. The SMILES string of the molecule is O=C(OCc1ccccc1)C1CCN(S(=O)(=O)c2ccc3c(c2)OCCO3)CC1. The highest BCUT2D eigenvalue weighted by Gasteiger charge is 2.33. The van der Waals surface area contributed by atoms with Gasteiger partial charge in [-0.3, -0.25) is 4.79 Å². The largest absolute Gasteiger partial charge is 0.486 e. The standard InChI is InChI=1S/C21H23NO6S/c23-21(28-15-16-4-2-1-3-5-16)17-8-10-22(11-9-17)29(24,25)18-6-7-19-20(14-18)27-13-12-26-19/h1-7,14,17H,8-13,15H2. The van der Waals surface area contributed by atoms with Gasteiger partial charge in [-0.15, -0.1) is 0 Å². The summed E-state index contributed by atoms with van der Waals surface area (Å²) in [6.45, 7) is 1.64. The molecule has 0 unspecified atom stereocenters. The smallest absolute Gasteiger partial charge is 0.309 e. The van der Waals surface area contributed by atoms with Gasteiger partial charge in [0.25, 0.3) is 0 Å². The van der Waals surface area contributed by atoms with Gasteiger partial charge in [0.15, 0.2) is 11.5 Å². The molecule has 8 heteroatoms. The molecule has 2 heterocycles. The minimum absolute atomic E-state index is 0.173. The van der Waals surface area contributed by atoms with Crippen molar-refractivity contribution in [2.45, 2.75) is 24.3 Å². The van der Waals surface area contributed by atoms with Crippen molar-refractivity contribution in [2.24, 2.45) is 5.92 Å². The maximum Gasteiger partial charge on any atom is 0.309 e. The van der Waals surface area contributed by atoms with Gasteiger partial charge in [-0.25, -0.2) is 8.42 Å². The minimum Gasteiger partial charge on any atom is -0.486 e. The molecule has 0 spiro atoms. The maximum absolute atomic E-state index is 13.0. The Labute approximate surface area is 170 Å². The summed E-state index contributed by atoms with van der Waals surface area (Å²) in [7, 11) is -3.65. The van der Waals surface area contributed by atoms with Gasteiger partial charge in [-0.2, -0.15) is 4.31 Å². The predicted octanol–water partition coefficient (Wildman–Crippen LogP) is 2.60. The van der Waals surface area contributed by atoms with Crippen LogP contribution in [-0.4, -0.2) is 45.0 Å². The molecule has 0 aromatic heterocycles. The van der Waals surface area contributed by atoms with Gasteiger partial charge < -0.3 is 14.2 Å². The molecule has 2 aliphatic heterocycles. The lowest BCUT2D eigenvalue weighted by Crippen LogP contribution is -2.40. The lowest BCUT2D eigenvalue weighted by Gasteiger charge is -2.30. The van der Waals surface area contributed by atoms with Crippen LogP contribution in [0.4, 0.5) is 0 Å². The van der Waals surface area contributed by atoms with Gasteiger partial charge in [0.05, 0.1) is 10.8 Å². The molecule has 0 atom stereocenters. The van der Waals surface area contributed by atoms with E-state index in [2.05, 4.69) is 0 Å². The van der Waals surface area contributed by atoms with E-state index in [0.29, 0.717) is 37.6 Å². The molecular formula is C21H23NO6S. The number of hydrogen-bond donors (Lipinski definition) is 0. The van der Waals surface area contributed by atoms with E-state index in [4.69, 9.17) is 14.2 Å². The Hall–Kier alpha value is -2.58. The number of nitrogens with zero attached hydrogens (tertiary/aromatic N) is 1. The average molecular weight is 417 g/mol. The lowest BCUT2D eigenvalue weighted by molar-refractivity contribution is -0.151. The number of ether oxygens (including phenoxy) is 3. The van der Waals surface area contributed by atoms with Crippen LogP contribution in [0, 0.1) is 5.92 Å². The Morgan fingerprint density at radius 1 is 1.00 bits per heavy atom. The molecule has 0 saturated carbocycles. The van der Waals surface area contributed by atoms with Crippen LogP contribution in [0.1, 0.15) is 18.4 Å². The number of benzene rings is 2. The summed E-state index contributed by atoms with van der Waals surface area (Å²) in [6, 6.07) is 14.1. The highest BCUT2D eigenvalue weighted by atomic mass is 32.2. The molecule has 0 amide bonds. The summed E-state index contributed by atoms with van der Waals surface area (Å²) >= 11 is 0. The quantitative estimate of drug-likeness (QED) is 0.696. The Kier molecular flexibility index (Phi) is 5.73. The molecular weight excluding hydrogens is 394 g/mol. The van der Waals surface area contributed by atoms with E-state index in [1.807, 2.05) is 30.3 Å². The molecule has 0 bridgehead atoms. The Morgan fingerprint density at radius 2 is 1.69 bits per heavy atom. The molecule has 1 fully saturated rings. The van der Waals surface area contributed by atoms with Crippen molar-refractivity contribution in [1.82, 2.24) is 4.31 Å². The van der Waals surface area contributed by atoms with E-state index < -0.39 is 10.0 Å². The van der Waals surface area contributed by atoms with E-state index in [-0.39, 0.29) is 36.5 Å². The average Bonchev–Trinajstić information content (AvgIpc) is 2.78. The molecule has 0 N–H and O–H groups in total. The molecule has 2 aliphatic rings. The number of esters is 1. The lowest BCUT2D eigenvalue weighted by atomic mass is 9.98. The molecule has 2 aromatic rings. The molecule has 1 saturated heterocycles. The summed E-state index contributed by atoms with van der Waals surface area (Å²) in [6.07, 6.45) is 0.884. The Morgan fingerprint density at radius 3 is 2.41 bits per heavy atom. The van der Waals surface area contributed by atoms with Crippen molar-refractivity contribution in [3.8, 4) is 11.5 Å². The van der Waals surface area contributed by atoms with Gasteiger partial charge >= 0.3 is 5.97 Å².